The van der Waals surface area contributed by atoms with Crippen molar-refractivity contribution in [1.82, 2.24) is 0 Å². The molecule has 0 bridgehead atoms. The van der Waals surface area contributed by atoms with E-state index in [4.69, 9.17) is 14.2 Å². The Morgan fingerprint density at radius 1 is 0.867 bits per heavy atom. The molecule has 0 saturated heterocycles. The van der Waals surface area contributed by atoms with E-state index >= 15 is 0 Å². The molecule has 0 heterocycles. The van der Waals surface area contributed by atoms with Gasteiger partial charge in [0.05, 0.1) is 20.1 Å². The quantitative estimate of drug-likeness (QED) is 0.535. The molecule has 0 aromatic heterocycles. The first-order valence-electron chi connectivity index (χ1n) is 9.53. The first-order chi connectivity index (χ1) is 14.7. The number of anilines is 1. The summed E-state index contributed by atoms with van der Waals surface area (Å²) in [5.74, 6) is 0.298. The number of ether oxygens (including phenoxy) is 3. The van der Waals surface area contributed by atoms with E-state index in [1.807, 2.05) is 24.3 Å². The van der Waals surface area contributed by atoms with Crippen molar-refractivity contribution in [3.63, 3.8) is 0 Å². The predicted octanol–water partition coefficient (Wildman–Crippen LogP) is 4.39. The number of nitrogens with one attached hydrogen (secondary N) is 1. The van der Waals surface area contributed by atoms with Crippen LogP contribution in [0.25, 0.3) is 0 Å². The maximum atomic E-state index is 12.9. The largest absolute Gasteiger partial charge is 0.497 e. The van der Waals surface area contributed by atoms with E-state index in [1.165, 1.54) is 0 Å². The van der Waals surface area contributed by atoms with Gasteiger partial charge in [0.25, 0.3) is 5.91 Å². The van der Waals surface area contributed by atoms with Crippen LogP contribution in [0.1, 0.15) is 18.1 Å². The maximum absolute atomic E-state index is 12.9. The van der Waals surface area contributed by atoms with Crippen molar-refractivity contribution < 1.29 is 23.8 Å². The zero-order chi connectivity index (χ0) is 21.2. The molecule has 6 nitrogen and oxygen atoms in total. The number of amides is 1. The van der Waals surface area contributed by atoms with Gasteiger partial charge < -0.3 is 19.5 Å². The van der Waals surface area contributed by atoms with Gasteiger partial charge in [0.2, 0.25) is 6.10 Å². The Morgan fingerprint density at radius 3 is 2.23 bits per heavy atom. The third kappa shape index (κ3) is 6.10. The Balaban J connectivity index is 1.64. The van der Waals surface area contributed by atoms with Gasteiger partial charge in [-0.3, -0.25) is 9.59 Å². The molecule has 3 aromatic rings. The summed E-state index contributed by atoms with van der Waals surface area (Å²) in [5, 5.41) is 2.78. The lowest BCUT2D eigenvalue weighted by Gasteiger charge is -2.18. The Bertz CT molecular complexity index is 960. The molecular weight excluding hydrogens is 382 g/mol. The lowest BCUT2D eigenvalue weighted by molar-refractivity contribution is -0.155. The summed E-state index contributed by atoms with van der Waals surface area (Å²) in [5.41, 5.74) is 1.12. The standard InChI is InChI=1S/C24H23NO5/c1-28-21-14-8-11-19(17-21)25-24(27)23(18-9-4-2-5-10-18)30-22(26)15-16-29-20-12-6-3-7-13-20/h2-14,17,23H,15-16H2,1H3,(H,25,27)/t23-/m0/s1. The van der Waals surface area contributed by atoms with Crippen molar-refractivity contribution in [2.24, 2.45) is 0 Å². The van der Waals surface area contributed by atoms with Gasteiger partial charge in [-0.15, -0.1) is 0 Å². The average Bonchev–Trinajstić information content (AvgIpc) is 2.79. The molecule has 1 amide bonds. The lowest BCUT2D eigenvalue weighted by atomic mass is 10.1. The molecule has 1 atom stereocenters. The molecule has 0 aliphatic heterocycles. The van der Waals surface area contributed by atoms with Gasteiger partial charge in [0.1, 0.15) is 11.5 Å². The van der Waals surface area contributed by atoms with Crippen LogP contribution in [-0.4, -0.2) is 25.6 Å². The molecule has 0 unspecified atom stereocenters. The fourth-order valence-electron chi connectivity index (χ4n) is 2.77. The Labute approximate surface area is 175 Å². The van der Waals surface area contributed by atoms with E-state index in [2.05, 4.69) is 5.32 Å². The summed E-state index contributed by atoms with van der Waals surface area (Å²) in [6.07, 6.45) is -1.06. The molecule has 0 aliphatic rings. The summed E-state index contributed by atoms with van der Waals surface area (Å²) < 4.78 is 16.2. The van der Waals surface area contributed by atoms with Crippen LogP contribution in [0.2, 0.25) is 0 Å². The average molecular weight is 405 g/mol. The van der Waals surface area contributed by atoms with Gasteiger partial charge in [-0.2, -0.15) is 0 Å². The van der Waals surface area contributed by atoms with E-state index in [9.17, 15) is 9.59 Å². The third-order valence-electron chi connectivity index (χ3n) is 4.25. The van der Waals surface area contributed by atoms with Crippen LogP contribution in [0.3, 0.4) is 0 Å². The van der Waals surface area contributed by atoms with Crippen molar-refractivity contribution in [2.45, 2.75) is 12.5 Å². The summed E-state index contributed by atoms with van der Waals surface area (Å²) in [6.45, 7) is 0.155. The van der Waals surface area contributed by atoms with Crippen LogP contribution in [0.5, 0.6) is 11.5 Å². The lowest BCUT2D eigenvalue weighted by Crippen LogP contribution is -2.26. The molecular formula is C24H23NO5. The number of carbonyl (C=O) groups is 2. The number of esters is 1. The van der Waals surface area contributed by atoms with E-state index in [1.54, 1.807) is 67.8 Å². The highest BCUT2D eigenvalue weighted by atomic mass is 16.6. The number of hydrogen-bond donors (Lipinski definition) is 1. The Kier molecular flexibility index (Phi) is 7.44. The zero-order valence-electron chi connectivity index (χ0n) is 16.6. The van der Waals surface area contributed by atoms with Crippen molar-refractivity contribution in [1.29, 1.82) is 0 Å². The fraction of sp³-hybridized carbons (Fsp3) is 0.167. The molecule has 3 aromatic carbocycles. The number of hydrogen-bond acceptors (Lipinski definition) is 5. The van der Waals surface area contributed by atoms with Gasteiger partial charge >= 0.3 is 5.97 Å². The summed E-state index contributed by atoms with van der Waals surface area (Å²) in [6, 6.07) is 25.0. The molecule has 30 heavy (non-hydrogen) atoms. The fourth-order valence-corrected chi connectivity index (χ4v) is 2.77. The minimum atomic E-state index is -1.08. The summed E-state index contributed by atoms with van der Waals surface area (Å²) in [7, 11) is 1.55. The van der Waals surface area contributed by atoms with E-state index in [0.717, 1.165) is 0 Å². The van der Waals surface area contributed by atoms with Crippen molar-refractivity contribution in [3.8, 4) is 11.5 Å². The molecule has 0 saturated carbocycles. The minimum Gasteiger partial charge on any atom is -0.497 e. The maximum Gasteiger partial charge on any atom is 0.310 e. The molecule has 0 aliphatic carbocycles. The number of carbonyl (C=O) groups excluding carboxylic acids is 2. The summed E-state index contributed by atoms with van der Waals surface area (Å²) >= 11 is 0. The molecule has 0 fully saturated rings. The van der Waals surface area contributed by atoms with Crippen LogP contribution in [0.15, 0.2) is 84.9 Å². The van der Waals surface area contributed by atoms with E-state index in [-0.39, 0.29) is 13.0 Å². The second-order valence-corrected chi connectivity index (χ2v) is 6.41. The van der Waals surface area contributed by atoms with Crippen LogP contribution in [0.4, 0.5) is 5.69 Å². The highest BCUT2D eigenvalue weighted by Gasteiger charge is 2.25. The first-order valence-corrected chi connectivity index (χ1v) is 9.53. The second-order valence-electron chi connectivity index (χ2n) is 6.41. The minimum absolute atomic E-state index is 0.0185. The Hall–Kier alpha value is -3.80. The van der Waals surface area contributed by atoms with Gasteiger partial charge in [-0.1, -0.05) is 54.6 Å². The van der Waals surface area contributed by atoms with Crippen LogP contribution in [0, 0.1) is 0 Å². The molecule has 6 heteroatoms. The molecule has 3 rings (SSSR count). The smallest absolute Gasteiger partial charge is 0.310 e. The van der Waals surface area contributed by atoms with Crippen molar-refractivity contribution in [2.75, 3.05) is 19.0 Å². The monoisotopic (exact) mass is 405 g/mol. The van der Waals surface area contributed by atoms with Crippen LogP contribution in [-0.2, 0) is 14.3 Å². The first kappa shape index (κ1) is 20.9. The third-order valence-corrected chi connectivity index (χ3v) is 4.25. The Morgan fingerprint density at radius 2 is 1.53 bits per heavy atom. The van der Waals surface area contributed by atoms with Crippen LogP contribution < -0.4 is 14.8 Å². The molecule has 0 radical (unpaired) electrons. The van der Waals surface area contributed by atoms with Gasteiger partial charge in [-0.25, -0.2) is 0 Å². The summed E-state index contributed by atoms with van der Waals surface area (Å²) in [4.78, 5) is 25.3. The predicted molar refractivity (Wildman–Crippen MR) is 113 cm³/mol. The highest BCUT2D eigenvalue weighted by Crippen LogP contribution is 2.23. The van der Waals surface area contributed by atoms with Gasteiger partial charge in [-0.05, 0) is 24.3 Å². The number of rotatable bonds is 9. The van der Waals surface area contributed by atoms with Crippen molar-refractivity contribution in [3.05, 3.63) is 90.5 Å². The normalized spacial score (nSPS) is 11.2. The number of methoxy groups -OCH3 is 1. The van der Waals surface area contributed by atoms with Crippen molar-refractivity contribution >= 4 is 17.6 Å². The van der Waals surface area contributed by atoms with E-state index in [0.29, 0.717) is 22.7 Å². The molecule has 154 valence electrons. The highest BCUT2D eigenvalue weighted by molar-refractivity contribution is 5.96. The molecule has 0 spiro atoms. The second kappa shape index (κ2) is 10.7. The van der Waals surface area contributed by atoms with Gasteiger partial charge in [0, 0.05) is 17.3 Å². The molecule has 1 N–H and O–H groups in total. The van der Waals surface area contributed by atoms with E-state index < -0.39 is 18.0 Å². The van der Waals surface area contributed by atoms with Crippen LogP contribution >= 0.6 is 0 Å². The zero-order valence-corrected chi connectivity index (χ0v) is 16.6. The van der Waals surface area contributed by atoms with Gasteiger partial charge in [0.15, 0.2) is 0 Å². The number of benzene rings is 3. The SMILES string of the molecule is COc1cccc(NC(=O)[C@@H](OC(=O)CCOc2ccccc2)c2ccccc2)c1. The number of para-hydroxylation sites is 1. The topological polar surface area (TPSA) is 73.9 Å².